The molecule has 2 aromatic heterocycles. The van der Waals surface area contributed by atoms with Gasteiger partial charge in [0, 0.05) is 37.0 Å². The summed E-state index contributed by atoms with van der Waals surface area (Å²) in [6.07, 6.45) is 1.55. The molecule has 1 spiro atoms. The van der Waals surface area contributed by atoms with Crippen molar-refractivity contribution in [2.75, 3.05) is 26.3 Å². The van der Waals surface area contributed by atoms with Crippen LogP contribution in [0.5, 0.6) is 0 Å². The van der Waals surface area contributed by atoms with Crippen molar-refractivity contribution in [3.05, 3.63) is 33.6 Å². The number of amides is 1. The van der Waals surface area contributed by atoms with Crippen molar-refractivity contribution in [1.82, 2.24) is 20.4 Å². The SMILES string of the molecule is Cc1nc(C)c(CN2CCOC3(COC(C(=O)NCc4ccon4)C3)C2)s1. The van der Waals surface area contributed by atoms with Crippen molar-refractivity contribution in [1.29, 1.82) is 0 Å². The molecule has 0 aliphatic carbocycles. The van der Waals surface area contributed by atoms with Crippen molar-refractivity contribution in [3.63, 3.8) is 0 Å². The molecule has 0 aromatic carbocycles. The van der Waals surface area contributed by atoms with Crippen LogP contribution < -0.4 is 5.32 Å². The molecule has 146 valence electrons. The zero-order valence-corrected chi connectivity index (χ0v) is 16.4. The number of rotatable bonds is 5. The molecule has 2 atom stereocenters. The number of aryl methyl sites for hydroxylation is 2. The third-order valence-electron chi connectivity index (χ3n) is 5.03. The van der Waals surface area contributed by atoms with E-state index in [4.69, 9.17) is 14.0 Å². The molecule has 2 aromatic rings. The lowest BCUT2D eigenvalue weighted by Crippen LogP contribution is -2.52. The Morgan fingerprint density at radius 1 is 1.48 bits per heavy atom. The molecule has 2 saturated heterocycles. The van der Waals surface area contributed by atoms with Gasteiger partial charge in [-0.1, -0.05) is 5.16 Å². The predicted molar refractivity (Wildman–Crippen MR) is 98.3 cm³/mol. The first-order valence-corrected chi connectivity index (χ1v) is 9.92. The topological polar surface area (TPSA) is 89.7 Å². The molecule has 2 aliphatic heterocycles. The third kappa shape index (κ3) is 4.21. The quantitative estimate of drug-likeness (QED) is 0.823. The maximum absolute atomic E-state index is 12.4. The van der Waals surface area contributed by atoms with Gasteiger partial charge in [-0.3, -0.25) is 9.69 Å². The van der Waals surface area contributed by atoms with E-state index in [1.807, 2.05) is 6.92 Å². The van der Waals surface area contributed by atoms with Gasteiger partial charge in [-0.2, -0.15) is 0 Å². The molecule has 1 N–H and O–H groups in total. The molecule has 4 rings (SSSR count). The Hall–Kier alpha value is -1.81. The van der Waals surface area contributed by atoms with Gasteiger partial charge in [-0.25, -0.2) is 4.98 Å². The lowest BCUT2D eigenvalue weighted by atomic mass is 9.97. The van der Waals surface area contributed by atoms with E-state index in [1.54, 1.807) is 17.4 Å². The van der Waals surface area contributed by atoms with Crippen LogP contribution in [-0.4, -0.2) is 59.0 Å². The molecule has 0 saturated carbocycles. The summed E-state index contributed by atoms with van der Waals surface area (Å²) in [5.41, 5.74) is 1.37. The number of carbonyl (C=O) groups is 1. The van der Waals surface area contributed by atoms with Crippen molar-refractivity contribution < 1.29 is 18.8 Å². The fraction of sp³-hybridized carbons (Fsp3) is 0.611. The number of nitrogens with zero attached hydrogens (tertiary/aromatic N) is 3. The van der Waals surface area contributed by atoms with Crippen LogP contribution in [0.3, 0.4) is 0 Å². The Kier molecular flexibility index (Phi) is 5.27. The number of nitrogens with one attached hydrogen (secondary N) is 1. The lowest BCUT2D eigenvalue weighted by Gasteiger charge is -2.39. The molecule has 2 fully saturated rings. The molecular weight excluding hydrogens is 368 g/mol. The number of thiazole rings is 1. The van der Waals surface area contributed by atoms with Gasteiger partial charge in [0.2, 0.25) is 5.91 Å². The van der Waals surface area contributed by atoms with E-state index in [2.05, 4.69) is 27.3 Å². The molecule has 4 heterocycles. The summed E-state index contributed by atoms with van der Waals surface area (Å²) in [6.45, 7) is 8.01. The van der Waals surface area contributed by atoms with Gasteiger partial charge in [-0.15, -0.1) is 11.3 Å². The van der Waals surface area contributed by atoms with Crippen LogP contribution in [0.2, 0.25) is 0 Å². The average Bonchev–Trinajstić information content (AvgIpc) is 3.35. The first-order valence-electron chi connectivity index (χ1n) is 9.11. The molecule has 2 aliphatic rings. The first kappa shape index (κ1) is 18.5. The van der Waals surface area contributed by atoms with E-state index in [1.165, 1.54) is 11.1 Å². The Bertz CT molecular complexity index is 793. The lowest BCUT2D eigenvalue weighted by molar-refractivity contribution is -0.130. The number of ether oxygens (including phenoxy) is 2. The zero-order chi connectivity index (χ0) is 18.9. The van der Waals surface area contributed by atoms with E-state index < -0.39 is 11.7 Å². The summed E-state index contributed by atoms with van der Waals surface area (Å²) < 4.78 is 16.6. The highest BCUT2D eigenvalue weighted by molar-refractivity contribution is 7.11. The van der Waals surface area contributed by atoms with Crippen LogP contribution in [0.25, 0.3) is 0 Å². The van der Waals surface area contributed by atoms with E-state index >= 15 is 0 Å². The number of morpholine rings is 1. The second-order valence-corrected chi connectivity index (χ2v) is 8.48. The van der Waals surface area contributed by atoms with Crippen LogP contribution in [0.4, 0.5) is 0 Å². The minimum absolute atomic E-state index is 0.135. The summed E-state index contributed by atoms with van der Waals surface area (Å²) in [5, 5.41) is 7.73. The van der Waals surface area contributed by atoms with E-state index in [-0.39, 0.29) is 5.91 Å². The Balaban J connectivity index is 1.33. The number of hydrogen-bond donors (Lipinski definition) is 1. The number of aromatic nitrogens is 2. The maximum atomic E-state index is 12.4. The second kappa shape index (κ2) is 7.67. The highest BCUT2D eigenvalue weighted by Crippen LogP contribution is 2.32. The van der Waals surface area contributed by atoms with Gasteiger partial charge in [0.25, 0.3) is 0 Å². The Morgan fingerprint density at radius 2 is 2.37 bits per heavy atom. The number of hydrogen-bond acceptors (Lipinski definition) is 8. The summed E-state index contributed by atoms with van der Waals surface area (Å²) in [5.74, 6) is -0.135. The smallest absolute Gasteiger partial charge is 0.249 e. The monoisotopic (exact) mass is 392 g/mol. The van der Waals surface area contributed by atoms with Gasteiger partial charge in [0.1, 0.15) is 23.7 Å². The van der Waals surface area contributed by atoms with Crippen LogP contribution >= 0.6 is 11.3 Å². The van der Waals surface area contributed by atoms with Gasteiger partial charge >= 0.3 is 0 Å². The average molecular weight is 392 g/mol. The summed E-state index contributed by atoms with van der Waals surface area (Å²) in [7, 11) is 0. The zero-order valence-electron chi connectivity index (χ0n) is 15.6. The van der Waals surface area contributed by atoms with Gasteiger partial charge in [-0.05, 0) is 13.8 Å². The van der Waals surface area contributed by atoms with Crippen molar-refractivity contribution in [3.8, 4) is 0 Å². The van der Waals surface area contributed by atoms with E-state index in [0.717, 1.165) is 30.3 Å². The first-order chi connectivity index (χ1) is 13.0. The third-order valence-corrected chi connectivity index (χ3v) is 6.08. The highest BCUT2D eigenvalue weighted by Gasteiger charge is 2.46. The predicted octanol–water partition coefficient (Wildman–Crippen LogP) is 1.42. The molecule has 27 heavy (non-hydrogen) atoms. The van der Waals surface area contributed by atoms with Gasteiger partial charge in [0.15, 0.2) is 0 Å². The fourth-order valence-electron chi connectivity index (χ4n) is 3.69. The molecule has 2 unspecified atom stereocenters. The van der Waals surface area contributed by atoms with Crippen LogP contribution in [0.15, 0.2) is 16.9 Å². The molecule has 0 bridgehead atoms. The molecule has 8 nitrogen and oxygen atoms in total. The van der Waals surface area contributed by atoms with Gasteiger partial charge < -0.3 is 19.3 Å². The Morgan fingerprint density at radius 3 is 3.11 bits per heavy atom. The summed E-state index contributed by atoms with van der Waals surface area (Å²) >= 11 is 1.75. The largest absolute Gasteiger partial charge is 0.370 e. The fourth-order valence-corrected chi connectivity index (χ4v) is 4.67. The number of carbonyl (C=O) groups excluding carboxylic acids is 1. The van der Waals surface area contributed by atoms with Crippen molar-refractivity contribution >= 4 is 17.2 Å². The van der Waals surface area contributed by atoms with Crippen LogP contribution in [0.1, 0.15) is 27.7 Å². The standard InChI is InChI=1S/C18H24N4O4S/c1-12-16(27-13(2)20-12)9-22-4-6-25-18(10-22)7-15(24-11-18)17(23)19-8-14-3-5-26-21-14/h3,5,15H,4,6-11H2,1-2H3,(H,19,23). The highest BCUT2D eigenvalue weighted by atomic mass is 32.1. The molecule has 1 amide bonds. The van der Waals surface area contributed by atoms with Crippen LogP contribution in [-0.2, 0) is 27.4 Å². The molecule has 0 radical (unpaired) electrons. The van der Waals surface area contributed by atoms with Crippen molar-refractivity contribution in [2.24, 2.45) is 0 Å². The summed E-state index contributed by atoms with van der Waals surface area (Å²) in [6, 6.07) is 1.72. The van der Waals surface area contributed by atoms with Crippen molar-refractivity contribution in [2.45, 2.75) is 45.1 Å². The Labute approximate surface area is 161 Å². The van der Waals surface area contributed by atoms with Crippen LogP contribution in [0, 0.1) is 13.8 Å². The van der Waals surface area contributed by atoms with E-state index in [0.29, 0.717) is 31.9 Å². The second-order valence-electron chi connectivity index (χ2n) is 7.20. The molecular formula is C18H24N4O4S. The van der Waals surface area contributed by atoms with Gasteiger partial charge in [0.05, 0.1) is 30.5 Å². The maximum Gasteiger partial charge on any atom is 0.249 e. The summed E-state index contributed by atoms with van der Waals surface area (Å²) in [4.78, 5) is 20.6. The van der Waals surface area contributed by atoms with E-state index in [9.17, 15) is 4.79 Å². The minimum atomic E-state index is -0.496. The minimum Gasteiger partial charge on any atom is -0.370 e. The molecule has 9 heteroatoms. The normalized spacial score (nSPS) is 25.9.